The van der Waals surface area contributed by atoms with E-state index in [1.54, 1.807) is 24.3 Å². The van der Waals surface area contributed by atoms with Gasteiger partial charge in [-0.05, 0) is 48.5 Å². The van der Waals surface area contributed by atoms with E-state index < -0.39 is 11.9 Å². The van der Waals surface area contributed by atoms with Gasteiger partial charge in [-0.15, -0.1) is 0 Å². The van der Waals surface area contributed by atoms with Gasteiger partial charge in [0.1, 0.15) is 11.5 Å². The van der Waals surface area contributed by atoms with Gasteiger partial charge in [-0.2, -0.15) is 0 Å². The van der Waals surface area contributed by atoms with Crippen LogP contribution in [0.25, 0.3) is 0 Å². The highest BCUT2D eigenvalue weighted by molar-refractivity contribution is 5.84. The van der Waals surface area contributed by atoms with Crippen LogP contribution in [0.5, 0.6) is 11.5 Å². The molecule has 0 aliphatic rings. The molecule has 0 aliphatic heterocycles. The summed E-state index contributed by atoms with van der Waals surface area (Å²) in [4.78, 5) is 24.3. The molecule has 0 aliphatic carbocycles. The highest BCUT2D eigenvalue weighted by Crippen LogP contribution is 2.27. The van der Waals surface area contributed by atoms with E-state index in [9.17, 15) is 9.59 Å². The number of carbonyl (C=O) groups is 2. The van der Waals surface area contributed by atoms with E-state index >= 15 is 0 Å². The Morgan fingerprint density at radius 2 is 1.12 bits per heavy atom. The summed E-state index contributed by atoms with van der Waals surface area (Å²) in [6, 6.07) is 14.1. The van der Waals surface area contributed by atoms with Crippen molar-refractivity contribution >= 4 is 23.3 Å². The molecule has 0 aromatic heterocycles. The van der Waals surface area contributed by atoms with Crippen LogP contribution in [0.3, 0.4) is 0 Å². The number of hydrogen-bond donors (Lipinski definition) is 0. The van der Waals surface area contributed by atoms with Gasteiger partial charge in [0.2, 0.25) is 0 Å². The number of esters is 2. The second-order valence-electron chi connectivity index (χ2n) is 4.80. The molecular formula is C19H17NO4. The lowest BCUT2D eigenvalue weighted by Gasteiger charge is -2.20. The third-order valence-electron chi connectivity index (χ3n) is 3.22. The van der Waals surface area contributed by atoms with E-state index in [0.29, 0.717) is 11.5 Å². The molecule has 0 amide bonds. The summed E-state index contributed by atoms with van der Waals surface area (Å²) in [7, 11) is 1.90. The van der Waals surface area contributed by atoms with E-state index in [2.05, 4.69) is 13.2 Å². The van der Waals surface area contributed by atoms with Gasteiger partial charge in [-0.25, -0.2) is 9.59 Å². The first-order valence-corrected chi connectivity index (χ1v) is 7.16. The summed E-state index contributed by atoms with van der Waals surface area (Å²) < 4.78 is 10.1. The van der Waals surface area contributed by atoms with Crippen LogP contribution in [-0.2, 0) is 9.59 Å². The Hall–Kier alpha value is -3.34. The van der Waals surface area contributed by atoms with Crippen molar-refractivity contribution in [2.75, 3.05) is 11.9 Å². The molecule has 5 nitrogen and oxygen atoms in total. The Kier molecular flexibility index (Phi) is 5.52. The Labute approximate surface area is 140 Å². The maximum Gasteiger partial charge on any atom is 0.335 e. The van der Waals surface area contributed by atoms with E-state index in [0.717, 1.165) is 23.5 Å². The fraction of sp³-hybridized carbons (Fsp3) is 0.0526. The topological polar surface area (TPSA) is 55.8 Å². The standard InChI is InChI=1S/C19H17NO4/c1-4-18(21)23-16-10-6-14(7-11-16)20(3)15-8-12-17(13-9-15)24-19(22)5-2/h4-13H,1-2H2,3H3. The number of ether oxygens (including phenoxy) is 2. The lowest BCUT2D eigenvalue weighted by atomic mass is 10.2. The van der Waals surface area contributed by atoms with Crippen molar-refractivity contribution in [3.05, 3.63) is 73.8 Å². The molecule has 5 heteroatoms. The molecule has 2 rings (SSSR count). The molecule has 2 aromatic carbocycles. The Balaban J connectivity index is 2.09. The summed E-state index contributed by atoms with van der Waals surface area (Å²) >= 11 is 0. The molecule has 0 atom stereocenters. The summed E-state index contributed by atoms with van der Waals surface area (Å²) in [5, 5.41) is 0. The molecule has 0 saturated heterocycles. The van der Waals surface area contributed by atoms with Crippen LogP contribution in [0.2, 0.25) is 0 Å². The van der Waals surface area contributed by atoms with E-state index in [-0.39, 0.29) is 0 Å². The van der Waals surface area contributed by atoms with Crippen LogP contribution in [0.4, 0.5) is 11.4 Å². The van der Waals surface area contributed by atoms with Gasteiger partial charge in [-0.3, -0.25) is 0 Å². The van der Waals surface area contributed by atoms with Gasteiger partial charge < -0.3 is 14.4 Å². The van der Waals surface area contributed by atoms with Crippen molar-refractivity contribution in [3.8, 4) is 11.5 Å². The first kappa shape index (κ1) is 17.0. The average molecular weight is 323 g/mol. The minimum Gasteiger partial charge on any atom is -0.423 e. The minimum absolute atomic E-state index is 0.448. The summed E-state index contributed by atoms with van der Waals surface area (Å²) in [6.07, 6.45) is 2.22. The van der Waals surface area contributed by atoms with E-state index in [1.165, 1.54) is 0 Å². The highest BCUT2D eigenvalue weighted by atomic mass is 16.5. The van der Waals surface area contributed by atoms with Crippen molar-refractivity contribution in [2.45, 2.75) is 0 Å². The average Bonchev–Trinajstić information content (AvgIpc) is 2.62. The predicted octanol–water partition coefficient (Wildman–Crippen LogP) is 3.64. The normalized spacial score (nSPS) is 9.71. The first-order chi connectivity index (χ1) is 11.5. The van der Waals surface area contributed by atoms with Crippen LogP contribution in [-0.4, -0.2) is 19.0 Å². The molecule has 0 radical (unpaired) electrons. The highest BCUT2D eigenvalue weighted by Gasteiger charge is 2.07. The molecule has 122 valence electrons. The van der Waals surface area contributed by atoms with Crippen LogP contribution in [0, 0.1) is 0 Å². The second kappa shape index (κ2) is 7.78. The van der Waals surface area contributed by atoms with Crippen molar-refractivity contribution in [3.63, 3.8) is 0 Å². The number of benzene rings is 2. The molecular weight excluding hydrogens is 306 g/mol. The lowest BCUT2D eigenvalue weighted by molar-refractivity contribution is -0.129. The van der Waals surface area contributed by atoms with Crippen molar-refractivity contribution < 1.29 is 19.1 Å². The maximum atomic E-state index is 11.2. The monoisotopic (exact) mass is 323 g/mol. The van der Waals surface area contributed by atoms with Crippen molar-refractivity contribution in [1.82, 2.24) is 0 Å². The zero-order valence-electron chi connectivity index (χ0n) is 13.3. The molecule has 0 spiro atoms. The molecule has 0 fully saturated rings. The lowest BCUT2D eigenvalue weighted by Crippen LogP contribution is -2.10. The van der Waals surface area contributed by atoms with Crippen LogP contribution >= 0.6 is 0 Å². The molecule has 0 heterocycles. The summed E-state index contributed by atoms with van der Waals surface area (Å²) in [6.45, 7) is 6.71. The molecule has 24 heavy (non-hydrogen) atoms. The molecule has 0 unspecified atom stereocenters. The van der Waals surface area contributed by atoms with Gasteiger partial charge in [0.25, 0.3) is 0 Å². The fourth-order valence-corrected chi connectivity index (χ4v) is 1.94. The van der Waals surface area contributed by atoms with Crippen molar-refractivity contribution in [2.24, 2.45) is 0 Å². The summed E-state index contributed by atoms with van der Waals surface area (Å²) in [5.74, 6) is -0.103. The second-order valence-corrected chi connectivity index (χ2v) is 4.80. The number of rotatable bonds is 6. The van der Waals surface area contributed by atoms with Gasteiger partial charge in [0, 0.05) is 30.6 Å². The third-order valence-corrected chi connectivity index (χ3v) is 3.22. The third kappa shape index (κ3) is 4.33. The van der Waals surface area contributed by atoms with E-state index in [1.807, 2.05) is 36.2 Å². The minimum atomic E-state index is -0.499. The predicted molar refractivity (Wildman–Crippen MR) is 92.6 cm³/mol. The zero-order valence-corrected chi connectivity index (χ0v) is 13.3. The smallest absolute Gasteiger partial charge is 0.335 e. The zero-order chi connectivity index (χ0) is 17.5. The fourth-order valence-electron chi connectivity index (χ4n) is 1.94. The number of carbonyl (C=O) groups excluding carboxylic acids is 2. The van der Waals surface area contributed by atoms with Crippen LogP contribution in [0.1, 0.15) is 0 Å². The quantitative estimate of drug-likeness (QED) is 0.461. The molecule has 2 aromatic rings. The summed E-state index contributed by atoms with van der Waals surface area (Å²) in [5.41, 5.74) is 1.81. The maximum absolute atomic E-state index is 11.2. The van der Waals surface area contributed by atoms with Gasteiger partial charge >= 0.3 is 11.9 Å². The van der Waals surface area contributed by atoms with Crippen LogP contribution < -0.4 is 14.4 Å². The van der Waals surface area contributed by atoms with Gasteiger partial charge in [0.05, 0.1) is 0 Å². The first-order valence-electron chi connectivity index (χ1n) is 7.16. The Morgan fingerprint density at radius 3 is 1.42 bits per heavy atom. The molecule has 0 N–H and O–H groups in total. The molecule has 0 bridgehead atoms. The van der Waals surface area contributed by atoms with Crippen molar-refractivity contribution in [1.29, 1.82) is 0 Å². The van der Waals surface area contributed by atoms with Crippen LogP contribution in [0.15, 0.2) is 73.8 Å². The van der Waals surface area contributed by atoms with E-state index in [4.69, 9.17) is 9.47 Å². The molecule has 0 saturated carbocycles. The number of anilines is 2. The SMILES string of the molecule is C=CC(=O)Oc1ccc(N(C)c2ccc(OC(=O)C=C)cc2)cc1. The largest absolute Gasteiger partial charge is 0.423 e. The van der Waals surface area contributed by atoms with Gasteiger partial charge in [-0.1, -0.05) is 13.2 Å². The number of hydrogen-bond acceptors (Lipinski definition) is 5. The van der Waals surface area contributed by atoms with Gasteiger partial charge in [0.15, 0.2) is 0 Å². The Bertz CT molecular complexity index is 682. The Morgan fingerprint density at radius 1 is 0.792 bits per heavy atom. The number of nitrogens with zero attached hydrogens (tertiary/aromatic N) is 1.